The van der Waals surface area contributed by atoms with Crippen molar-refractivity contribution in [3.63, 3.8) is 0 Å². The Morgan fingerprint density at radius 2 is 1.23 bits per heavy atom. The van der Waals surface area contributed by atoms with E-state index in [0.29, 0.717) is 0 Å². The summed E-state index contributed by atoms with van der Waals surface area (Å²) in [7, 11) is -2.20. The van der Waals surface area contributed by atoms with Crippen molar-refractivity contribution in [1.29, 1.82) is 0 Å². The van der Waals surface area contributed by atoms with Crippen LogP contribution < -0.4 is 0 Å². The van der Waals surface area contributed by atoms with E-state index in [1.807, 2.05) is 0 Å². The van der Waals surface area contributed by atoms with E-state index in [0.717, 1.165) is 0 Å². The first-order valence-corrected chi connectivity index (χ1v) is 14.1. The average molecular weight is 235 g/mol. The SMILES string of the molecule is C=C[Si](C)(C)C.C[SiH](C)O[SiH](C)C. The monoisotopic (exact) mass is 234 g/mol. The van der Waals surface area contributed by atoms with Crippen molar-refractivity contribution in [2.45, 2.75) is 45.8 Å². The summed E-state index contributed by atoms with van der Waals surface area (Å²) in [4.78, 5) is 0. The Labute approximate surface area is 88.7 Å². The summed E-state index contributed by atoms with van der Waals surface area (Å²) >= 11 is 0. The predicted octanol–water partition coefficient (Wildman–Crippen LogP) is 3.02. The fraction of sp³-hybridized carbons (Fsp3) is 0.778. The van der Waals surface area contributed by atoms with Crippen molar-refractivity contribution >= 4 is 26.2 Å². The molecule has 0 bridgehead atoms. The molecule has 0 saturated carbocycles. The van der Waals surface area contributed by atoms with Gasteiger partial charge in [0.15, 0.2) is 18.1 Å². The first kappa shape index (κ1) is 15.8. The fourth-order valence-corrected chi connectivity index (χ4v) is 4.90. The Morgan fingerprint density at radius 3 is 1.23 bits per heavy atom. The second kappa shape index (κ2) is 7.73. The predicted molar refractivity (Wildman–Crippen MR) is 72.4 cm³/mol. The van der Waals surface area contributed by atoms with Crippen molar-refractivity contribution in [2.24, 2.45) is 0 Å². The molecule has 13 heavy (non-hydrogen) atoms. The Bertz CT molecular complexity index is 121. The third kappa shape index (κ3) is 24.5. The molecular formula is C9H26OSi3. The summed E-state index contributed by atoms with van der Waals surface area (Å²) in [6.45, 7) is 19.3. The minimum atomic E-state index is -0.867. The molecule has 0 rings (SSSR count). The van der Waals surface area contributed by atoms with Gasteiger partial charge in [-0.3, -0.25) is 0 Å². The van der Waals surface area contributed by atoms with E-state index in [9.17, 15) is 0 Å². The van der Waals surface area contributed by atoms with Crippen LogP contribution in [0.1, 0.15) is 0 Å². The molecule has 0 spiro atoms. The van der Waals surface area contributed by atoms with Gasteiger partial charge in [0, 0.05) is 0 Å². The Kier molecular flexibility index (Phi) is 9.39. The minimum absolute atomic E-state index is 0.667. The largest absolute Gasteiger partial charge is 0.461 e. The number of rotatable bonds is 3. The van der Waals surface area contributed by atoms with Crippen LogP contribution in [0.2, 0.25) is 45.8 Å². The van der Waals surface area contributed by atoms with Crippen LogP contribution in [-0.2, 0) is 4.12 Å². The average Bonchev–Trinajstić information content (AvgIpc) is 1.84. The molecule has 0 fully saturated rings. The van der Waals surface area contributed by atoms with E-state index in [1.54, 1.807) is 0 Å². The molecule has 0 aliphatic rings. The van der Waals surface area contributed by atoms with Crippen LogP contribution in [-0.4, -0.2) is 26.2 Å². The molecule has 4 heteroatoms. The lowest BCUT2D eigenvalue weighted by Gasteiger charge is -2.07. The molecule has 0 aliphatic heterocycles. The van der Waals surface area contributed by atoms with Crippen molar-refractivity contribution in [3.05, 3.63) is 12.3 Å². The van der Waals surface area contributed by atoms with Gasteiger partial charge in [0.05, 0.1) is 8.07 Å². The normalized spacial score (nSPS) is 11.2. The van der Waals surface area contributed by atoms with Crippen LogP contribution in [0.3, 0.4) is 0 Å². The van der Waals surface area contributed by atoms with Gasteiger partial charge < -0.3 is 4.12 Å². The smallest absolute Gasteiger partial charge is 0.156 e. The summed E-state index contributed by atoms with van der Waals surface area (Å²) in [5.41, 5.74) is 2.08. The highest BCUT2D eigenvalue weighted by Crippen LogP contribution is 1.98. The highest BCUT2D eigenvalue weighted by molar-refractivity contribution is 6.80. The molecule has 0 amide bonds. The zero-order chi connectivity index (χ0) is 11.1. The third-order valence-corrected chi connectivity index (χ3v) is 6.74. The molecule has 0 N–H and O–H groups in total. The van der Waals surface area contributed by atoms with Gasteiger partial charge in [-0.2, -0.15) is 0 Å². The van der Waals surface area contributed by atoms with E-state index in [1.165, 1.54) is 0 Å². The lowest BCUT2D eigenvalue weighted by Crippen LogP contribution is -2.17. The lowest BCUT2D eigenvalue weighted by atomic mass is 11.3. The Balaban J connectivity index is 0. The summed E-state index contributed by atoms with van der Waals surface area (Å²) in [6, 6.07) is 0. The maximum Gasteiger partial charge on any atom is 0.156 e. The molecular weight excluding hydrogens is 208 g/mol. The molecule has 0 heterocycles. The molecule has 80 valence electrons. The molecule has 0 atom stereocenters. The first-order valence-electron chi connectivity index (χ1n) is 4.98. The van der Waals surface area contributed by atoms with Gasteiger partial charge in [-0.25, -0.2) is 0 Å². The standard InChI is InChI=1S/C5H12Si.C4H14OSi2/c1-5-6(2,3)4;1-6(2)5-7(3)4/h5H,1H2,2-4H3;6-7H,1-4H3. The van der Waals surface area contributed by atoms with Gasteiger partial charge in [0.25, 0.3) is 0 Å². The topological polar surface area (TPSA) is 9.23 Å². The first-order chi connectivity index (χ1) is 5.69. The summed E-state index contributed by atoms with van der Waals surface area (Å²) < 4.78 is 5.53. The molecule has 0 aromatic carbocycles. The summed E-state index contributed by atoms with van der Waals surface area (Å²) in [5.74, 6) is 0. The molecule has 0 aromatic heterocycles. The quantitative estimate of drug-likeness (QED) is 0.682. The zero-order valence-corrected chi connectivity index (χ0v) is 13.7. The molecule has 0 radical (unpaired) electrons. The molecule has 0 saturated heterocycles. The molecule has 0 unspecified atom stereocenters. The van der Waals surface area contributed by atoms with Crippen molar-refractivity contribution in [1.82, 2.24) is 0 Å². The van der Waals surface area contributed by atoms with Crippen LogP contribution in [0.25, 0.3) is 0 Å². The van der Waals surface area contributed by atoms with Gasteiger partial charge >= 0.3 is 0 Å². The molecule has 0 aliphatic carbocycles. The van der Waals surface area contributed by atoms with Gasteiger partial charge in [-0.15, -0.1) is 12.3 Å². The van der Waals surface area contributed by atoms with Crippen LogP contribution in [0.5, 0.6) is 0 Å². The second-order valence-corrected chi connectivity index (χ2v) is 15.2. The van der Waals surface area contributed by atoms with Crippen LogP contribution in [0.15, 0.2) is 12.3 Å². The van der Waals surface area contributed by atoms with Gasteiger partial charge in [0.2, 0.25) is 0 Å². The van der Waals surface area contributed by atoms with Crippen LogP contribution in [0, 0.1) is 0 Å². The summed E-state index contributed by atoms with van der Waals surface area (Å²) in [6.07, 6.45) is 0. The Hall–Kier alpha value is 0.351. The highest BCUT2D eigenvalue weighted by atomic mass is 28.4. The van der Waals surface area contributed by atoms with Gasteiger partial charge in [-0.05, 0) is 26.2 Å². The van der Waals surface area contributed by atoms with E-state index < -0.39 is 26.2 Å². The third-order valence-electron chi connectivity index (χ3n) is 1.16. The lowest BCUT2D eigenvalue weighted by molar-refractivity contribution is 0.608. The fourth-order valence-electron chi connectivity index (χ4n) is 0.544. The zero-order valence-electron chi connectivity index (χ0n) is 10.3. The molecule has 0 aromatic rings. The minimum Gasteiger partial charge on any atom is -0.461 e. The van der Waals surface area contributed by atoms with Crippen LogP contribution >= 0.6 is 0 Å². The second-order valence-electron chi connectivity index (χ2n) is 4.80. The van der Waals surface area contributed by atoms with Crippen molar-refractivity contribution in [2.75, 3.05) is 0 Å². The maximum absolute atomic E-state index is 5.53. The van der Waals surface area contributed by atoms with Crippen molar-refractivity contribution in [3.8, 4) is 0 Å². The molecule has 1 nitrogen and oxygen atoms in total. The van der Waals surface area contributed by atoms with Gasteiger partial charge in [-0.1, -0.05) is 19.6 Å². The van der Waals surface area contributed by atoms with E-state index in [2.05, 4.69) is 58.1 Å². The van der Waals surface area contributed by atoms with Crippen LogP contribution in [0.4, 0.5) is 0 Å². The van der Waals surface area contributed by atoms with Gasteiger partial charge in [0.1, 0.15) is 0 Å². The number of hydrogen-bond acceptors (Lipinski definition) is 1. The maximum atomic E-state index is 5.53. The number of hydrogen-bond donors (Lipinski definition) is 0. The Morgan fingerprint density at radius 1 is 1.00 bits per heavy atom. The van der Waals surface area contributed by atoms with E-state index >= 15 is 0 Å². The van der Waals surface area contributed by atoms with E-state index in [-0.39, 0.29) is 0 Å². The van der Waals surface area contributed by atoms with Crippen molar-refractivity contribution < 1.29 is 4.12 Å². The highest BCUT2D eigenvalue weighted by Gasteiger charge is 2.03. The van der Waals surface area contributed by atoms with E-state index in [4.69, 9.17) is 4.12 Å². The summed E-state index contributed by atoms with van der Waals surface area (Å²) in [5, 5.41) is 0.